The second-order valence-electron chi connectivity index (χ2n) is 8.02. The summed E-state index contributed by atoms with van der Waals surface area (Å²) in [5, 5.41) is 3.09. The van der Waals surface area contributed by atoms with Gasteiger partial charge in [-0.3, -0.25) is 14.5 Å². The summed E-state index contributed by atoms with van der Waals surface area (Å²) in [6, 6.07) is 10.7. The highest BCUT2D eigenvalue weighted by molar-refractivity contribution is 5.95. The Morgan fingerprint density at radius 1 is 1.10 bits per heavy atom. The van der Waals surface area contributed by atoms with Crippen LogP contribution in [0.3, 0.4) is 0 Å². The van der Waals surface area contributed by atoms with Gasteiger partial charge in [0.15, 0.2) is 5.76 Å². The van der Waals surface area contributed by atoms with Gasteiger partial charge in [0.2, 0.25) is 5.91 Å². The zero-order chi connectivity index (χ0) is 20.9. The Kier molecular flexibility index (Phi) is 6.38. The minimum absolute atomic E-state index is 0.0287. The van der Waals surface area contributed by atoms with E-state index in [1.165, 1.54) is 19.1 Å². The zero-order valence-corrected chi connectivity index (χ0v) is 17.4. The van der Waals surface area contributed by atoms with Gasteiger partial charge in [0.05, 0.1) is 19.4 Å². The first-order chi connectivity index (χ1) is 14.7. The summed E-state index contributed by atoms with van der Waals surface area (Å²) in [5.41, 5.74) is 0.744. The van der Waals surface area contributed by atoms with Crippen LogP contribution in [0.2, 0.25) is 0 Å². The Morgan fingerprint density at radius 2 is 1.87 bits per heavy atom. The van der Waals surface area contributed by atoms with Gasteiger partial charge in [-0.05, 0) is 43.0 Å². The van der Waals surface area contributed by atoms with Crippen LogP contribution in [0.5, 0.6) is 5.75 Å². The molecule has 7 nitrogen and oxygen atoms in total. The lowest BCUT2D eigenvalue weighted by atomic mass is 9.94. The van der Waals surface area contributed by atoms with E-state index in [4.69, 9.17) is 9.15 Å². The van der Waals surface area contributed by atoms with Crippen LogP contribution in [-0.4, -0.2) is 60.9 Å². The molecular formula is C23H29N3O4. The Bertz CT molecular complexity index is 853. The van der Waals surface area contributed by atoms with E-state index in [0.29, 0.717) is 37.9 Å². The number of hydrogen-bond donors (Lipinski definition) is 1. The average Bonchev–Trinajstić information content (AvgIpc) is 3.49. The number of rotatable bonds is 6. The monoisotopic (exact) mass is 411 g/mol. The normalized spacial score (nSPS) is 18.9. The fraction of sp³-hybridized carbons (Fsp3) is 0.478. The molecule has 1 saturated carbocycles. The second kappa shape index (κ2) is 9.34. The Labute approximate surface area is 177 Å². The highest BCUT2D eigenvalue weighted by atomic mass is 16.5. The van der Waals surface area contributed by atoms with Gasteiger partial charge < -0.3 is 19.4 Å². The first kappa shape index (κ1) is 20.5. The number of ether oxygens (including phenoxy) is 1. The topological polar surface area (TPSA) is 75.0 Å². The van der Waals surface area contributed by atoms with Gasteiger partial charge in [-0.1, -0.05) is 18.9 Å². The van der Waals surface area contributed by atoms with E-state index < -0.39 is 0 Å². The van der Waals surface area contributed by atoms with Gasteiger partial charge in [0.25, 0.3) is 5.91 Å². The summed E-state index contributed by atoms with van der Waals surface area (Å²) in [5.74, 6) is 1.38. The van der Waals surface area contributed by atoms with E-state index in [2.05, 4.69) is 10.2 Å². The minimum Gasteiger partial charge on any atom is -0.497 e. The molecule has 1 atom stereocenters. The molecule has 2 aliphatic rings. The maximum absolute atomic E-state index is 13.3. The number of benzene rings is 1. The third kappa shape index (κ3) is 4.51. The van der Waals surface area contributed by atoms with Gasteiger partial charge in [-0.2, -0.15) is 0 Å². The highest BCUT2D eigenvalue weighted by Gasteiger charge is 2.37. The summed E-state index contributed by atoms with van der Waals surface area (Å²) in [4.78, 5) is 29.9. The molecule has 0 spiro atoms. The van der Waals surface area contributed by atoms with Crippen molar-refractivity contribution < 1.29 is 18.7 Å². The smallest absolute Gasteiger partial charge is 0.289 e. The van der Waals surface area contributed by atoms with Crippen molar-refractivity contribution in [1.82, 2.24) is 9.80 Å². The van der Waals surface area contributed by atoms with E-state index in [1.54, 1.807) is 24.1 Å². The van der Waals surface area contributed by atoms with Gasteiger partial charge in [0, 0.05) is 37.9 Å². The molecule has 2 amide bonds. The standard InChI is InChI=1S/C23H29N3O4/c1-29-19-9-4-8-18(16-19)24-22(27)21(17-6-2-3-7-17)25-11-13-26(14-12-25)23(28)20-10-5-15-30-20/h4-5,8-10,15-17,21H,2-3,6-7,11-14H2,1H3,(H,24,27). The number of carbonyl (C=O) groups is 2. The summed E-state index contributed by atoms with van der Waals surface area (Å²) >= 11 is 0. The zero-order valence-electron chi connectivity index (χ0n) is 17.4. The average molecular weight is 412 g/mol. The van der Waals surface area contributed by atoms with Gasteiger partial charge in [-0.25, -0.2) is 0 Å². The molecule has 1 aromatic carbocycles. The number of anilines is 1. The molecule has 2 fully saturated rings. The number of amides is 2. The van der Waals surface area contributed by atoms with Crippen molar-refractivity contribution in [2.45, 2.75) is 31.7 Å². The molecule has 2 heterocycles. The molecule has 0 radical (unpaired) electrons. The molecule has 1 N–H and O–H groups in total. The van der Waals surface area contributed by atoms with E-state index in [9.17, 15) is 9.59 Å². The largest absolute Gasteiger partial charge is 0.497 e. The van der Waals surface area contributed by atoms with Gasteiger partial charge in [0.1, 0.15) is 5.75 Å². The summed E-state index contributed by atoms with van der Waals surface area (Å²) in [6.45, 7) is 2.54. The summed E-state index contributed by atoms with van der Waals surface area (Å²) in [7, 11) is 1.62. The van der Waals surface area contributed by atoms with Gasteiger partial charge in [-0.15, -0.1) is 0 Å². The maximum Gasteiger partial charge on any atom is 0.289 e. The van der Waals surface area contributed by atoms with E-state index in [0.717, 1.165) is 24.3 Å². The molecular weight excluding hydrogens is 382 g/mol. The number of nitrogens with zero attached hydrogens (tertiary/aromatic N) is 2. The highest BCUT2D eigenvalue weighted by Crippen LogP contribution is 2.32. The summed E-state index contributed by atoms with van der Waals surface area (Å²) < 4.78 is 10.5. The third-order valence-corrected chi connectivity index (χ3v) is 6.18. The molecule has 4 rings (SSSR count). The number of nitrogens with one attached hydrogen (secondary N) is 1. The predicted octanol–water partition coefficient (Wildman–Crippen LogP) is 3.24. The first-order valence-electron chi connectivity index (χ1n) is 10.7. The molecule has 30 heavy (non-hydrogen) atoms. The Morgan fingerprint density at radius 3 is 2.53 bits per heavy atom. The van der Waals surface area contributed by atoms with Crippen molar-refractivity contribution in [2.24, 2.45) is 5.92 Å². The fourth-order valence-corrected chi connectivity index (χ4v) is 4.63. The molecule has 1 aliphatic carbocycles. The van der Waals surface area contributed by atoms with Crippen LogP contribution < -0.4 is 10.1 Å². The second-order valence-corrected chi connectivity index (χ2v) is 8.02. The van der Waals surface area contributed by atoms with Gasteiger partial charge >= 0.3 is 0 Å². The molecule has 2 aromatic rings. The molecule has 1 saturated heterocycles. The van der Waals surface area contributed by atoms with E-state index in [-0.39, 0.29) is 17.9 Å². The molecule has 1 unspecified atom stereocenters. The molecule has 0 bridgehead atoms. The van der Waals surface area contributed by atoms with Crippen molar-refractivity contribution in [3.8, 4) is 5.75 Å². The number of piperazine rings is 1. The van der Waals surface area contributed by atoms with Crippen LogP contribution in [0.1, 0.15) is 36.2 Å². The fourth-order valence-electron chi connectivity index (χ4n) is 4.63. The summed E-state index contributed by atoms with van der Waals surface area (Å²) in [6.07, 6.45) is 6.00. The number of carbonyl (C=O) groups excluding carboxylic acids is 2. The number of hydrogen-bond acceptors (Lipinski definition) is 5. The lowest BCUT2D eigenvalue weighted by Crippen LogP contribution is -2.56. The van der Waals surface area contributed by atoms with Crippen molar-refractivity contribution in [3.63, 3.8) is 0 Å². The van der Waals surface area contributed by atoms with Crippen molar-refractivity contribution >= 4 is 17.5 Å². The van der Waals surface area contributed by atoms with Crippen LogP contribution in [0.25, 0.3) is 0 Å². The molecule has 1 aromatic heterocycles. The van der Waals surface area contributed by atoms with Crippen molar-refractivity contribution in [2.75, 3.05) is 38.6 Å². The minimum atomic E-state index is -0.181. The molecule has 160 valence electrons. The quantitative estimate of drug-likeness (QED) is 0.790. The lowest BCUT2D eigenvalue weighted by Gasteiger charge is -2.40. The van der Waals surface area contributed by atoms with E-state index in [1.807, 2.05) is 24.3 Å². The van der Waals surface area contributed by atoms with Crippen LogP contribution in [-0.2, 0) is 4.79 Å². The van der Waals surface area contributed by atoms with Crippen molar-refractivity contribution in [3.05, 3.63) is 48.4 Å². The Hall–Kier alpha value is -2.80. The first-order valence-corrected chi connectivity index (χ1v) is 10.7. The van der Waals surface area contributed by atoms with E-state index >= 15 is 0 Å². The molecule has 1 aliphatic heterocycles. The van der Waals surface area contributed by atoms with Crippen LogP contribution >= 0.6 is 0 Å². The molecule has 7 heteroatoms. The third-order valence-electron chi connectivity index (χ3n) is 6.18. The van der Waals surface area contributed by atoms with Crippen molar-refractivity contribution in [1.29, 1.82) is 0 Å². The lowest BCUT2D eigenvalue weighted by molar-refractivity contribution is -0.123. The SMILES string of the molecule is COc1cccc(NC(=O)C(C2CCCC2)N2CCN(C(=O)c3ccco3)CC2)c1. The van der Waals surface area contributed by atoms with Crippen LogP contribution in [0.15, 0.2) is 47.1 Å². The van der Waals surface area contributed by atoms with Crippen LogP contribution in [0, 0.1) is 5.92 Å². The number of methoxy groups -OCH3 is 1. The maximum atomic E-state index is 13.3. The van der Waals surface area contributed by atoms with Crippen LogP contribution in [0.4, 0.5) is 5.69 Å². The predicted molar refractivity (Wildman–Crippen MR) is 114 cm³/mol. The number of furan rings is 1. The Balaban J connectivity index is 1.43.